The average molecular weight is 225 g/mol. The molecule has 1 aromatic rings. The monoisotopic (exact) mass is 225 g/mol. The maximum atomic E-state index is 9.03. The van der Waals surface area contributed by atoms with Gasteiger partial charge in [0, 0.05) is 6.42 Å². The molecule has 0 bridgehead atoms. The first-order chi connectivity index (χ1) is 7.08. The van der Waals surface area contributed by atoms with Crippen LogP contribution in [0.2, 0.25) is 0 Å². The first-order valence-corrected chi connectivity index (χ1v) is 5.17. The minimum Gasteiger partial charge on any atom is -0.491 e. The van der Waals surface area contributed by atoms with Crippen molar-refractivity contribution in [3.63, 3.8) is 0 Å². The van der Waals surface area contributed by atoms with E-state index in [9.17, 15) is 0 Å². The summed E-state index contributed by atoms with van der Waals surface area (Å²) in [6, 6.07) is 7.51. The highest BCUT2D eigenvalue weighted by molar-refractivity contribution is 7.80. The Kier molecular flexibility index (Phi) is 4.52. The van der Waals surface area contributed by atoms with Crippen molar-refractivity contribution >= 4 is 17.2 Å². The molecule has 0 aliphatic carbocycles. The van der Waals surface area contributed by atoms with E-state index in [0.717, 1.165) is 11.3 Å². The largest absolute Gasteiger partial charge is 0.491 e. The van der Waals surface area contributed by atoms with Crippen LogP contribution in [0.1, 0.15) is 12.5 Å². The summed E-state index contributed by atoms with van der Waals surface area (Å²) in [5, 5.41) is 9.03. The summed E-state index contributed by atoms with van der Waals surface area (Å²) >= 11 is 4.81. The van der Waals surface area contributed by atoms with Crippen LogP contribution in [0.3, 0.4) is 0 Å². The van der Waals surface area contributed by atoms with Crippen LogP contribution in [0.4, 0.5) is 0 Å². The molecule has 0 aliphatic rings. The van der Waals surface area contributed by atoms with Crippen LogP contribution in [0.15, 0.2) is 24.3 Å². The lowest BCUT2D eigenvalue weighted by atomic mass is 10.1. The number of hydrogen-bond acceptors (Lipinski definition) is 3. The Bertz CT molecular complexity index is 322. The maximum Gasteiger partial charge on any atom is 0.119 e. The molecule has 0 spiro atoms. The second-order valence-corrected chi connectivity index (χ2v) is 3.97. The lowest BCUT2D eigenvalue weighted by molar-refractivity contribution is 0.122. The van der Waals surface area contributed by atoms with Gasteiger partial charge in [-0.05, 0) is 24.6 Å². The van der Waals surface area contributed by atoms with E-state index in [4.69, 9.17) is 27.8 Å². The Morgan fingerprint density at radius 2 is 2.07 bits per heavy atom. The second kappa shape index (κ2) is 5.68. The van der Waals surface area contributed by atoms with E-state index in [1.807, 2.05) is 24.3 Å². The van der Waals surface area contributed by atoms with Crippen molar-refractivity contribution in [1.29, 1.82) is 0 Å². The predicted molar refractivity (Wildman–Crippen MR) is 64.1 cm³/mol. The zero-order valence-electron chi connectivity index (χ0n) is 8.64. The van der Waals surface area contributed by atoms with Gasteiger partial charge >= 0.3 is 0 Å². The number of ether oxygens (including phenoxy) is 1. The van der Waals surface area contributed by atoms with E-state index >= 15 is 0 Å². The number of hydrogen-bond donors (Lipinski definition) is 2. The van der Waals surface area contributed by atoms with Gasteiger partial charge in [0.25, 0.3) is 0 Å². The molecule has 15 heavy (non-hydrogen) atoms. The molecule has 0 aliphatic heterocycles. The standard InChI is InChI=1S/C11H15NO2S/c1-8(13)7-14-10-4-2-9(3-5-10)6-11(12)15/h2-5,8,13H,6-7H2,1H3,(H2,12,15). The van der Waals surface area contributed by atoms with Crippen LogP contribution < -0.4 is 10.5 Å². The first-order valence-electron chi connectivity index (χ1n) is 4.76. The molecule has 1 atom stereocenters. The van der Waals surface area contributed by atoms with Crippen molar-refractivity contribution in [2.75, 3.05) is 6.61 Å². The number of rotatable bonds is 5. The fourth-order valence-corrected chi connectivity index (χ4v) is 1.29. The predicted octanol–water partition coefficient (Wildman–Crippen LogP) is 1.27. The summed E-state index contributed by atoms with van der Waals surface area (Å²) < 4.78 is 5.31. The maximum absolute atomic E-state index is 9.03. The highest BCUT2D eigenvalue weighted by Gasteiger charge is 1.99. The summed E-state index contributed by atoms with van der Waals surface area (Å²) in [6.07, 6.45) is 0.146. The smallest absolute Gasteiger partial charge is 0.119 e. The van der Waals surface area contributed by atoms with Crippen molar-refractivity contribution in [3.05, 3.63) is 29.8 Å². The van der Waals surface area contributed by atoms with Crippen molar-refractivity contribution in [2.24, 2.45) is 5.73 Å². The fourth-order valence-electron chi connectivity index (χ4n) is 1.12. The molecule has 1 aromatic carbocycles. The van der Waals surface area contributed by atoms with Crippen LogP contribution in [0.5, 0.6) is 5.75 Å². The Morgan fingerprint density at radius 3 is 2.53 bits per heavy atom. The minimum absolute atomic E-state index is 0.300. The lowest BCUT2D eigenvalue weighted by Crippen LogP contribution is -2.13. The molecule has 0 heterocycles. The second-order valence-electron chi connectivity index (χ2n) is 3.45. The molecule has 82 valence electrons. The summed E-state index contributed by atoms with van der Waals surface area (Å²) in [4.78, 5) is 0.479. The third-order valence-electron chi connectivity index (χ3n) is 1.79. The molecule has 0 amide bonds. The number of thiocarbonyl (C=S) groups is 1. The van der Waals surface area contributed by atoms with Gasteiger partial charge in [-0.1, -0.05) is 24.4 Å². The van der Waals surface area contributed by atoms with Crippen molar-refractivity contribution in [2.45, 2.75) is 19.4 Å². The van der Waals surface area contributed by atoms with Crippen LogP contribution in [0, 0.1) is 0 Å². The molecule has 1 rings (SSSR count). The van der Waals surface area contributed by atoms with Gasteiger partial charge < -0.3 is 15.6 Å². The summed E-state index contributed by atoms with van der Waals surface area (Å²) in [7, 11) is 0. The van der Waals surface area contributed by atoms with Crippen LogP contribution in [-0.2, 0) is 6.42 Å². The summed E-state index contributed by atoms with van der Waals surface area (Å²) in [5.74, 6) is 0.739. The summed E-state index contributed by atoms with van der Waals surface area (Å²) in [5.41, 5.74) is 6.49. The van der Waals surface area contributed by atoms with E-state index in [-0.39, 0.29) is 0 Å². The number of aliphatic hydroxyl groups excluding tert-OH is 1. The van der Waals surface area contributed by atoms with Crippen LogP contribution >= 0.6 is 12.2 Å². The third kappa shape index (κ3) is 4.76. The van der Waals surface area contributed by atoms with Crippen molar-refractivity contribution < 1.29 is 9.84 Å². The Hall–Kier alpha value is -1.13. The molecular weight excluding hydrogens is 210 g/mol. The van der Waals surface area contributed by atoms with Crippen molar-refractivity contribution in [3.8, 4) is 5.75 Å². The topological polar surface area (TPSA) is 55.5 Å². The zero-order chi connectivity index (χ0) is 11.3. The molecule has 1 unspecified atom stereocenters. The van der Waals surface area contributed by atoms with Gasteiger partial charge in [-0.25, -0.2) is 0 Å². The minimum atomic E-state index is -0.457. The van der Waals surface area contributed by atoms with Gasteiger partial charge in [0.05, 0.1) is 11.1 Å². The lowest BCUT2D eigenvalue weighted by Gasteiger charge is -2.08. The Morgan fingerprint density at radius 1 is 1.47 bits per heavy atom. The number of nitrogens with two attached hydrogens (primary N) is 1. The number of aliphatic hydroxyl groups is 1. The van der Waals surface area contributed by atoms with Gasteiger partial charge in [-0.3, -0.25) is 0 Å². The molecule has 3 N–H and O–H groups in total. The summed E-state index contributed by atoms with van der Waals surface area (Å²) in [6.45, 7) is 1.98. The van der Waals surface area contributed by atoms with Gasteiger partial charge in [0.2, 0.25) is 0 Å². The fraction of sp³-hybridized carbons (Fsp3) is 0.364. The highest BCUT2D eigenvalue weighted by atomic mass is 32.1. The molecule has 4 heteroatoms. The normalized spacial score (nSPS) is 12.1. The van der Waals surface area contributed by atoms with E-state index in [1.54, 1.807) is 6.92 Å². The Labute approximate surface area is 94.9 Å². The van der Waals surface area contributed by atoms with E-state index in [0.29, 0.717) is 18.0 Å². The van der Waals surface area contributed by atoms with Gasteiger partial charge in [0.15, 0.2) is 0 Å². The molecule has 0 fully saturated rings. The zero-order valence-corrected chi connectivity index (χ0v) is 9.46. The van der Waals surface area contributed by atoms with Gasteiger partial charge in [-0.15, -0.1) is 0 Å². The third-order valence-corrected chi connectivity index (χ3v) is 1.94. The first kappa shape index (κ1) is 11.9. The molecular formula is C11H15NO2S. The van der Waals surface area contributed by atoms with Crippen LogP contribution in [-0.4, -0.2) is 22.8 Å². The quantitative estimate of drug-likeness (QED) is 0.741. The highest BCUT2D eigenvalue weighted by Crippen LogP contribution is 2.12. The van der Waals surface area contributed by atoms with E-state index in [1.165, 1.54) is 0 Å². The molecule has 0 saturated heterocycles. The molecule has 0 radical (unpaired) electrons. The molecule has 0 aromatic heterocycles. The van der Waals surface area contributed by atoms with E-state index < -0.39 is 6.10 Å². The van der Waals surface area contributed by atoms with Gasteiger partial charge in [0.1, 0.15) is 12.4 Å². The van der Waals surface area contributed by atoms with Crippen molar-refractivity contribution in [1.82, 2.24) is 0 Å². The average Bonchev–Trinajstić information content (AvgIpc) is 2.16. The van der Waals surface area contributed by atoms with E-state index in [2.05, 4.69) is 0 Å². The SMILES string of the molecule is CC(O)COc1ccc(CC(N)=S)cc1. The van der Waals surface area contributed by atoms with Crippen LogP contribution in [0.25, 0.3) is 0 Å². The molecule has 0 saturated carbocycles. The molecule has 3 nitrogen and oxygen atoms in total. The number of benzene rings is 1. The van der Waals surface area contributed by atoms with Gasteiger partial charge in [-0.2, -0.15) is 0 Å². The Balaban J connectivity index is 2.52.